The van der Waals surface area contributed by atoms with Gasteiger partial charge in [0.05, 0.1) is 18.8 Å². The summed E-state index contributed by atoms with van der Waals surface area (Å²) in [7, 11) is 3.56. The summed E-state index contributed by atoms with van der Waals surface area (Å²) in [6.45, 7) is 0. The van der Waals surface area contributed by atoms with E-state index in [2.05, 4.69) is 14.9 Å². The summed E-state index contributed by atoms with van der Waals surface area (Å²) in [5.41, 5.74) is 1.99. The van der Waals surface area contributed by atoms with Crippen molar-refractivity contribution in [1.82, 2.24) is 14.9 Å². The predicted octanol–water partition coefficient (Wildman–Crippen LogP) is 2.70. The molecule has 0 spiro atoms. The highest BCUT2D eigenvalue weighted by Gasteiger charge is 2.15. The molecule has 18 heavy (non-hydrogen) atoms. The van der Waals surface area contributed by atoms with Gasteiger partial charge in [0.1, 0.15) is 5.75 Å². The molecule has 1 atom stereocenters. The highest BCUT2D eigenvalue weighted by molar-refractivity contribution is 7.03. The van der Waals surface area contributed by atoms with Crippen molar-refractivity contribution in [1.29, 1.82) is 0 Å². The van der Waals surface area contributed by atoms with E-state index < -0.39 is 0 Å². The molecule has 1 aromatic carbocycles. The predicted molar refractivity (Wildman–Crippen MR) is 73.4 cm³/mol. The molecule has 2 aromatic rings. The lowest BCUT2D eigenvalue weighted by Gasteiger charge is -2.15. The van der Waals surface area contributed by atoms with Gasteiger partial charge in [0, 0.05) is 10.4 Å². The van der Waals surface area contributed by atoms with Crippen LogP contribution < -0.4 is 10.1 Å². The maximum Gasteiger partial charge on any atom is 0.122 e. The van der Waals surface area contributed by atoms with Crippen molar-refractivity contribution in [3.05, 3.63) is 39.9 Å². The Bertz CT molecular complexity index is 504. The first-order valence-electron chi connectivity index (χ1n) is 5.51. The van der Waals surface area contributed by atoms with Gasteiger partial charge in [-0.15, -0.1) is 5.10 Å². The van der Waals surface area contributed by atoms with Crippen molar-refractivity contribution < 1.29 is 4.74 Å². The Kier molecular flexibility index (Phi) is 4.52. The molecule has 1 heterocycles. The fraction of sp³-hybridized carbons (Fsp3) is 0.333. The van der Waals surface area contributed by atoms with Gasteiger partial charge in [-0.05, 0) is 48.8 Å². The van der Waals surface area contributed by atoms with Gasteiger partial charge in [0.2, 0.25) is 0 Å². The summed E-state index contributed by atoms with van der Waals surface area (Å²) in [5.74, 6) is 0.836. The molecule has 1 N–H and O–H groups in total. The van der Waals surface area contributed by atoms with Crippen LogP contribution in [-0.2, 0) is 6.42 Å². The van der Waals surface area contributed by atoms with E-state index in [0.29, 0.717) is 5.02 Å². The Morgan fingerprint density at radius 2 is 2.33 bits per heavy atom. The fourth-order valence-corrected chi connectivity index (χ4v) is 2.51. The number of likely N-dealkylation sites (N-methyl/N-ethyl adjacent to an activating group) is 1. The third kappa shape index (κ3) is 2.98. The number of nitrogens with zero attached hydrogens (tertiary/aromatic N) is 2. The molecular weight excluding hydrogens is 270 g/mol. The molecule has 6 heteroatoms. The number of hydrogen-bond acceptors (Lipinski definition) is 5. The molecule has 2 rings (SSSR count). The van der Waals surface area contributed by atoms with E-state index in [1.54, 1.807) is 7.11 Å². The standard InChI is InChI=1S/C12H14ClN3OS/c1-14-10(11-7-18-16-15-11)6-8-5-9(13)3-4-12(8)17-2/h3-5,7,10,14H,6H2,1-2H3. The summed E-state index contributed by atoms with van der Waals surface area (Å²) in [6.07, 6.45) is 0.756. The molecule has 0 aliphatic rings. The van der Waals surface area contributed by atoms with Crippen LogP contribution in [0.1, 0.15) is 17.3 Å². The average Bonchev–Trinajstić information content (AvgIpc) is 2.90. The maximum atomic E-state index is 6.02. The first-order valence-corrected chi connectivity index (χ1v) is 6.72. The van der Waals surface area contributed by atoms with Crippen LogP contribution in [-0.4, -0.2) is 23.7 Å². The average molecular weight is 284 g/mol. The van der Waals surface area contributed by atoms with Crippen molar-refractivity contribution in [2.24, 2.45) is 0 Å². The van der Waals surface area contributed by atoms with E-state index in [1.165, 1.54) is 11.5 Å². The first kappa shape index (κ1) is 13.3. The number of hydrogen-bond donors (Lipinski definition) is 1. The number of nitrogens with one attached hydrogen (secondary N) is 1. The molecule has 1 unspecified atom stereocenters. The quantitative estimate of drug-likeness (QED) is 0.916. The molecule has 96 valence electrons. The Morgan fingerprint density at radius 3 is 2.94 bits per heavy atom. The molecule has 0 aliphatic carbocycles. The van der Waals surface area contributed by atoms with Gasteiger partial charge in [0.15, 0.2) is 0 Å². The number of ether oxygens (including phenoxy) is 1. The molecule has 0 saturated heterocycles. The van der Waals surface area contributed by atoms with Crippen LogP contribution in [0, 0.1) is 0 Å². The summed E-state index contributed by atoms with van der Waals surface area (Å²) in [5, 5.41) is 9.97. The van der Waals surface area contributed by atoms with Crippen molar-refractivity contribution in [2.75, 3.05) is 14.2 Å². The molecule has 0 saturated carbocycles. The fourth-order valence-electron chi connectivity index (χ4n) is 1.80. The van der Waals surface area contributed by atoms with Crippen molar-refractivity contribution in [2.45, 2.75) is 12.5 Å². The van der Waals surface area contributed by atoms with Crippen molar-refractivity contribution in [3.63, 3.8) is 0 Å². The SMILES string of the molecule is CNC(Cc1cc(Cl)ccc1OC)c1csnn1. The van der Waals surface area contributed by atoms with Crippen molar-refractivity contribution in [3.8, 4) is 5.75 Å². The van der Waals surface area contributed by atoms with E-state index >= 15 is 0 Å². The minimum absolute atomic E-state index is 0.108. The Hall–Kier alpha value is -1.17. The van der Waals surface area contributed by atoms with Gasteiger partial charge in [0.25, 0.3) is 0 Å². The Morgan fingerprint density at radius 1 is 1.50 bits per heavy atom. The first-order chi connectivity index (χ1) is 8.74. The molecule has 0 bridgehead atoms. The van der Waals surface area contributed by atoms with E-state index in [9.17, 15) is 0 Å². The Balaban J connectivity index is 2.24. The van der Waals surface area contributed by atoms with Crippen LogP contribution in [0.2, 0.25) is 5.02 Å². The van der Waals surface area contributed by atoms with E-state index in [4.69, 9.17) is 16.3 Å². The summed E-state index contributed by atoms with van der Waals surface area (Å²) in [4.78, 5) is 0. The largest absolute Gasteiger partial charge is 0.496 e. The number of rotatable bonds is 5. The molecular formula is C12H14ClN3OS. The van der Waals surface area contributed by atoms with Crippen LogP contribution in [0.15, 0.2) is 23.6 Å². The second-order valence-electron chi connectivity index (χ2n) is 3.83. The van der Waals surface area contributed by atoms with Gasteiger partial charge in [-0.3, -0.25) is 0 Å². The second-order valence-corrected chi connectivity index (χ2v) is 4.88. The van der Waals surface area contributed by atoms with E-state index in [0.717, 1.165) is 23.4 Å². The van der Waals surface area contributed by atoms with Gasteiger partial charge >= 0.3 is 0 Å². The van der Waals surface area contributed by atoms with Crippen LogP contribution in [0.4, 0.5) is 0 Å². The minimum atomic E-state index is 0.108. The third-order valence-electron chi connectivity index (χ3n) is 2.75. The van der Waals surface area contributed by atoms with Gasteiger partial charge in [-0.2, -0.15) is 0 Å². The van der Waals surface area contributed by atoms with Gasteiger partial charge in [-0.1, -0.05) is 16.1 Å². The van der Waals surface area contributed by atoms with E-state index in [-0.39, 0.29) is 6.04 Å². The zero-order chi connectivity index (χ0) is 13.0. The second kappa shape index (κ2) is 6.13. The molecule has 0 radical (unpaired) electrons. The summed E-state index contributed by atoms with van der Waals surface area (Å²) >= 11 is 7.37. The maximum absolute atomic E-state index is 6.02. The number of aromatic nitrogens is 2. The monoisotopic (exact) mass is 283 g/mol. The van der Waals surface area contributed by atoms with Gasteiger partial charge < -0.3 is 10.1 Å². The highest BCUT2D eigenvalue weighted by Crippen LogP contribution is 2.27. The van der Waals surface area contributed by atoms with Crippen LogP contribution in [0.25, 0.3) is 0 Å². The zero-order valence-electron chi connectivity index (χ0n) is 10.2. The molecule has 1 aromatic heterocycles. The van der Waals surface area contributed by atoms with Crippen LogP contribution in [0.3, 0.4) is 0 Å². The molecule has 0 fully saturated rings. The molecule has 4 nitrogen and oxygen atoms in total. The minimum Gasteiger partial charge on any atom is -0.496 e. The zero-order valence-corrected chi connectivity index (χ0v) is 11.8. The van der Waals surface area contributed by atoms with Gasteiger partial charge in [-0.25, -0.2) is 0 Å². The normalized spacial score (nSPS) is 12.4. The Labute approximate surface area is 115 Å². The lowest BCUT2D eigenvalue weighted by Crippen LogP contribution is -2.19. The van der Waals surface area contributed by atoms with E-state index in [1.807, 2.05) is 30.6 Å². The number of benzene rings is 1. The number of methoxy groups -OCH3 is 1. The molecule has 0 amide bonds. The third-order valence-corrected chi connectivity index (χ3v) is 3.51. The lowest BCUT2D eigenvalue weighted by molar-refractivity contribution is 0.406. The highest BCUT2D eigenvalue weighted by atomic mass is 35.5. The van der Waals surface area contributed by atoms with Crippen molar-refractivity contribution >= 4 is 23.1 Å². The lowest BCUT2D eigenvalue weighted by atomic mass is 10.0. The summed E-state index contributed by atoms with van der Waals surface area (Å²) in [6, 6.07) is 5.73. The van der Waals surface area contributed by atoms with Crippen LogP contribution in [0.5, 0.6) is 5.75 Å². The summed E-state index contributed by atoms with van der Waals surface area (Å²) < 4.78 is 9.23. The van der Waals surface area contributed by atoms with Crippen LogP contribution >= 0.6 is 23.1 Å². The topological polar surface area (TPSA) is 47.0 Å². The smallest absolute Gasteiger partial charge is 0.122 e. The molecule has 0 aliphatic heterocycles. The number of halogens is 1.